The van der Waals surface area contributed by atoms with Crippen molar-refractivity contribution < 1.29 is 52.4 Å². The molecular formula is C18H11N2NaO5S. The van der Waals surface area contributed by atoms with E-state index in [1.807, 2.05) is 0 Å². The van der Waals surface area contributed by atoms with Gasteiger partial charge in [-0.1, -0.05) is 30.8 Å². The number of rotatable bonds is 3. The van der Waals surface area contributed by atoms with Crippen LogP contribution in [0.5, 0.6) is 5.88 Å². The number of nitrogens with zero attached hydrogens (tertiary/aromatic N) is 1. The summed E-state index contributed by atoms with van der Waals surface area (Å²) in [5, 5.41) is 15.0. The summed E-state index contributed by atoms with van der Waals surface area (Å²) in [4.78, 5) is 16.2. The standard InChI is InChI=1S/C18H12N2O5S.Na/c1-2-19-12-8-13(26(23,24)25)17-15-11(7-14(21)20-17)9-5-3-4-6-10(9)18(22)16(12)15;/h2-8,19H,1H2,(H,20,21)(H,23,24,25);/q;+1/p-1. The zero-order chi connectivity index (χ0) is 18.6. The summed E-state index contributed by atoms with van der Waals surface area (Å²) in [7, 11) is -4.69. The molecule has 9 heteroatoms. The maximum absolute atomic E-state index is 13.0. The topological polar surface area (TPSA) is 119 Å². The maximum atomic E-state index is 13.0. The Labute approximate surface area is 176 Å². The average Bonchev–Trinajstić information content (AvgIpc) is 2.59. The summed E-state index contributed by atoms with van der Waals surface area (Å²) >= 11 is 0. The van der Waals surface area contributed by atoms with Gasteiger partial charge in [-0.05, 0) is 35.3 Å². The molecule has 1 heterocycles. The number of fused-ring (bicyclic) bond motifs is 2. The molecule has 0 spiro atoms. The molecule has 27 heavy (non-hydrogen) atoms. The van der Waals surface area contributed by atoms with Crippen molar-refractivity contribution in [3.05, 3.63) is 60.3 Å². The van der Waals surface area contributed by atoms with Gasteiger partial charge in [0.1, 0.15) is 4.90 Å². The van der Waals surface area contributed by atoms with Gasteiger partial charge in [0.25, 0.3) is 10.1 Å². The fraction of sp³-hybridized carbons (Fsp3) is 0. The first kappa shape index (κ1) is 19.5. The monoisotopic (exact) mass is 390 g/mol. The van der Waals surface area contributed by atoms with Gasteiger partial charge in [-0.15, -0.1) is 0 Å². The molecule has 1 aromatic heterocycles. The van der Waals surface area contributed by atoms with E-state index in [2.05, 4.69) is 16.9 Å². The van der Waals surface area contributed by atoms with E-state index in [1.165, 1.54) is 12.3 Å². The summed E-state index contributed by atoms with van der Waals surface area (Å²) in [6.07, 6.45) is 1.29. The predicted molar refractivity (Wildman–Crippen MR) is 93.7 cm³/mol. The Morgan fingerprint density at radius 2 is 1.81 bits per heavy atom. The van der Waals surface area contributed by atoms with Crippen LogP contribution in [0, 0.1) is 0 Å². The van der Waals surface area contributed by atoms with Crippen LogP contribution in [0.3, 0.4) is 0 Å². The van der Waals surface area contributed by atoms with E-state index >= 15 is 0 Å². The van der Waals surface area contributed by atoms with Crippen LogP contribution in [0.25, 0.3) is 22.0 Å². The number of nitrogens with one attached hydrogen (secondary N) is 1. The Bertz CT molecular complexity index is 1240. The van der Waals surface area contributed by atoms with Gasteiger partial charge in [-0.3, -0.25) is 14.3 Å². The molecule has 0 unspecified atom stereocenters. The molecule has 4 rings (SSSR count). The molecule has 0 atom stereocenters. The van der Waals surface area contributed by atoms with E-state index in [1.54, 1.807) is 24.3 Å². The van der Waals surface area contributed by atoms with E-state index < -0.39 is 20.9 Å². The smallest absolute Gasteiger partial charge is 0.859 e. The number of benzene rings is 2. The van der Waals surface area contributed by atoms with Crippen molar-refractivity contribution in [1.29, 1.82) is 0 Å². The van der Waals surface area contributed by atoms with Crippen molar-refractivity contribution in [2.75, 3.05) is 5.32 Å². The van der Waals surface area contributed by atoms with Crippen LogP contribution in [0.1, 0.15) is 15.9 Å². The van der Waals surface area contributed by atoms with E-state index in [4.69, 9.17) is 0 Å². The maximum Gasteiger partial charge on any atom is 1.00 e. The number of hydrogen-bond acceptors (Lipinski definition) is 6. The second-order valence-corrected chi connectivity index (χ2v) is 7.12. The van der Waals surface area contributed by atoms with Crippen LogP contribution in [-0.4, -0.2) is 23.7 Å². The molecule has 1 aliphatic rings. The quantitative estimate of drug-likeness (QED) is 0.352. The minimum absolute atomic E-state index is 0. The zero-order valence-electron chi connectivity index (χ0n) is 14.2. The molecule has 0 radical (unpaired) electrons. The Morgan fingerprint density at radius 3 is 2.44 bits per heavy atom. The van der Waals surface area contributed by atoms with Crippen LogP contribution in [-0.2, 0) is 10.1 Å². The largest absolute Gasteiger partial charge is 1.00 e. The van der Waals surface area contributed by atoms with Crippen molar-refractivity contribution in [3.8, 4) is 17.0 Å². The average molecular weight is 390 g/mol. The summed E-state index contributed by atoms with van der Waals surface area (Å²) in [6.45, 7) is 3.53. The van der Waals surface area contributed by atoms with Crippen LogP contribution >= 0.6 is 0 Å². The van der Waals surface area contributed by atoms with E-state index in [0.717, 1.165) is 6.07 Å². The SMILES string of the molecule is C=CNc1cc(S(=O)(=O)O)c2nc([O-])cc3c2c1C(=O)c1ccccc1-3.[Na+]. The molecular weight excluding hydrogens is 379 g/mol. The second-order valence-electron chi connectivity index (χ2n) is 5.73. The minimum atomic E-state index is -4.69. The van der Waals surface area contributed by atoms with Crippen LogP contribution in [0.2, 0.25) is 0 Å². The molecule has 0 saturated heterocycles. The molecule has 130 valence electrons. The molecule has 7 nitrogen and oxygen atoms in total. The fourth-order valence-corrected chi connectivity index (χ4v) is 3.94. The van der Waals surface area contributed by atoms with Gasteiger partial charge in [-0.2, -0.15) is 8.42 Å². The normalized spacial score (nSPS) is 12.3. The van der Waals surface area contributed by atoms with Crippen LogP contribution in [0.4, 0.5) is 5.69 Å². The number of carbonyl (C=O) groups excluding carboxylic acids is 1. The molecule has 0 saturated carbocycles. The second kappa shape index (κ2) is 6.74. The van der Waals surface area contributed by atoms with Crippen molar-refractivity contribution in [1.82, 2.24) is 4.98 Å². The third-order valence-corrected chi connectivity index (χ3v) is 5.12. The van der Waals surface area contributed by atoms with Crippen molar-refractivity contribution in [2.45, 2.75) is 4.90 Å². The summed E-state index contributed by atoms with van der Waals surface area (Å²) in [5.41, 5.74) is 1.38. The Kier molecular flexibility index (Phi) is 4.87. The molecule has 3 aromatic rings. The Morgan fingerprint density at radius 1 is 1.15 bits per heavy atom. The number of ketones is 1. The van der Waals surface area contributed by atoms with E-state index in [9.17, 15) is 22.9 Å². The van der Waals surface area contributed by atoms with Gasteiger partial charge in [0, 0.05) is 10.9 Å². The number of hydrogen-bond donors (Lipinski definition) is 2. The van der Waals surface area contributed by atoms with E-state index in [0.29, 0.717) is 16.7 Å². The summed E-state index contributed by atoms with van der Waals surface area (Å²) < 4.78 is 33.3. The fourth-order valence-electron chi connectivity index (χ4n) is 3.28. The molecule has 0 aliphatic heterocycles. The zero-order valence-corrected chi connectivity index (χ0v) is 17.0. The van der Waals surface area contributed by atoms with Gasteiger partial charge in [-0.25, -0.2) is 0 Å². The summed E-state index contributed by atoms with van der Waals surface area (Å²) in [6, 6.07) is 9.05. The predicted octanol–water partition coefficient (Wildman–Crippen LogP) is -0.674. The third-order valence-electron chi connectivity index (χ3n) is 4.25. The minimum Gasteiger partial charge on any atom is -0.859 e. The van der Waals surface area contributed by atoms with Gasteiger partial charge in [0.05, 0.1) is 16.8 Å². The number of pyridine rings is 1. The first-order chi connectivity index (χ1) is 12.3. The van der Waals surface area contributed by atoms with Gasteiger partial charge in [0.2, 0.25) is 0 Å². The number of aromatic nitrogens is 1. The van der Waals surface area contributed by atoms with Gasteiger partial charge >= 0.3 is 29.6 Å². The van der Waals surface area contributed by atoms with Gasteiger partial charge in [0.15, 0.2) is 5.78 Å². The Hall–Kier alpha value is -2.23. The molecule has 0 amide bonds. The van der Waals surface area contributed by atoms with E-state index in [-0.39, 0.29) is 57.5 Å². The van der Waals surface area contributed by atoms with Crippen molar-refractivity contribution in [2.24, 2.45) is 0 Å². The first-order valence-corrected chi connectivity index (χ1v) is 8.94. The third kappa shape index (κ3) is 2.95. The molecule has 0 fully saturated rings. The van der Waals surface area contributed by atoms with Crippen molar-refractivity contribution >= 4 is 32.5 Å². The van der Waals surface area contributed by atoms with Crippen LogP contribution in [0.15, 0.2) is 54.1 Å². The van der Waals surface area contributed by atoms with Crippen molar-refractivity contribution in [3.63, 3.8) is 0 Å². The number of anilines is 1. The number of carbonyl (C=O) groups is 1. The summed E-state index contributed by atoms with van der Waals surface area (Å²) in [5.74, 6) is -1.01. The molecule has 1 aliphatic carbocycles. The molecule has 0 bridgehead atoms. The Balaban J connectivity index is 0.00000210. The van der Waals surface area contributed by atoms with Gasteiger partial charge < -0.3 is 10.4 Å². The first-order valence-electron chi connectivity index (χ1n) is 7.50. The molecule has 2 N–H and O–H groups in total. The molecule has 2 aromatic carbocycles. The van der Waals surface area contributed by atoms with Crippen LogP contribution < -0.4 is 40.0 Å².